The largest absolute Gasteiger partial charge is 0.302 e. The first-order valence-electron chi connectivity index (χ1n) is 8.02. The molecule has 136 valence electrons. The molecule has 2 N–H and O–H groups in total. The van der Waals surface area contributed by atoms with Crippen molar-refractivity contribution in [1.29, 1.82) is 0 Å². The number of hydrogen-bond acceptors (Lipinski definition) is 7. The van der Waals surface area contributed by atoms with Crippen molar-refractivity contribution in [2.24, 2.45) is 0 Å². The number of para-hydroxylation sites is 1. The Kier molecular flexibility index (Phi) is 4.97. The van der Waals surface area contributed by atoms with Crippen molar-refractivity contribution in [2.75, 3.05) is 10.6 Å². The molecular formula is C18H14N4O2S3. The van der Waals surface area contributed by atoms with Gasteiger partial charge in [-0.15, -0.1) is 11.3 Å². The average Bonchev–Trinajstić information content (AvgIpc) is 3.35. The highest BCUT2D eigenvalue weighted by Gasteiger charge is 2.13. The topological polar surface area (TPSA) is 84.0 Å². The summed E-state index contributed by atoms with van der Waals surface area (Å²) in [6.07, 6.45) is 0.125. The highest BCUT2D eigenvalue weighted by atomic mass is 32.1. The maximum atomic E-state index is 12.3. The predicted molar refractivity (Wildman–Crippen MR) is 111 cm³/mol. The van der Waals surface area contributed by atoms with Gasteiger partial charge in [-0.25, -0.2) is 9.97 Å². The lowest BCUT2D eigenvalue weighted by Crippen LogP contribution is -2.15. The number of hydrogen-bond donors (Lipinski definition) is 2. The SMILES string of the molecule is Cc1cccc2sc(NC(=O)Cc3csc(NC(=O)c4ccsc4)n3)nc12. The summed E-state index contributed by atoms with van der Waals surface area (Å²) in [6, 6.07) is 7.71. The van der Waals surface area contributed by atoms with E-state index >= 15 is 0 Å². The van der Waals surface area contributed by atoms with E-state index in [1.165, 1.54) is 34.0 Å². The molecule has 0 atom stereocenters. The van der Waals surface area contributed by atoms with Crippen LogP contribution < -0.4 is 10.6 Å². The monoisotopic (exact) mass is 414 g/mol. The lowest BCUT2D eigenvalue weighted by Gasteiger charge is -1.99. The molecule has 0 spiro atoms. The summed E-state index contributed by atoms with van der Waals surface area (Å²) in [5.74, 6) is -0.390. The lowest BCUT2D eigenvalue weighted by atomic mass is 10.2. The Hall–Kier alpha value is -2.62. The van der Waals surface area contributed by atoms with Gasteiger partial charge >= 0.3 is 0 Å². The summed E-state index contributed by atoms with van der Waals surface area (Å²) in [6.45, 7) is 1.99. The molecule has 4 aromatic rings. The van der Waals surface area contributed by atoms with Gasteiger partial charge in [-0.2, -0.15) is 11.3 Å². The molecule has 4 rings (SSSR count). The van der Waals surface area contributed by atoms with Crippen LogP contribution in [0.4, 0.5) is 10.3 Å². The number of thiophene rings is 1. The third-order valence-electron chi connectivity index (χ3n) is 3.76. The molecular weight excluding hydrogens is 400 g/mol. The molecule has 0 aliphatic rings. The van der Waals surface area contributed by atoms with E-state index in [1.807, 2.05) is 30.5 Å². The van der Waals surface area contributed by atoms with Crippen LogP contribution in [0.3, 0.4) is 0 Å². The Morgan fingerprint density at radius 2 is 1.96 bits per heavy atom. The van der Waals surface area contributed by atoms with E-state index in [0.717, 1.165) is 15.8 Å². The first kappa shape index (κ1) is 17.8. The lowest BCUT2D eigenvalue weighted by molar-refractivity contribution is -0.115. The first-order valence-corrected chi connectivity index (χ1v) is 10.7. The van der Waals surface area contributed by atoms with Gasteiger partial charge in [-0.3, -0.25) is 14.9 Å². The van der Waals surface area contributed by atoms with Crippen LogP contribution >= 0.6 is 34.0 Å². The van der Waals surface area contributed by atoms with Gasteiger partial charge in [0.25, 0.3) is 5.91 Å². The van der Waals surface area contributed by atoms with Crippen molar-refractivity contribution in [3.63, 3.8) is 0 Å². The molecule has 3 aromatic heterocycles. The molecule has 0 bridgehead atoms. The van der Waals surface area contributed by atoms with Crippen LogP contribution in [0.5, 0.6) is 0 Å². The fourth-order valence-electron chi connectivity index (χ4n) is 2.48. The smallest absolute Gasteiger partial charge is 0.258 e. The molecule has 6 nitrogen and oxygen atoms in total. The highest BCUT2D eigenvalue weighted by molar-refractivity contribution is 7.22. The summed E-state index contributed by atoms with van der Waals surface area (Å²) < 4.78 is 1.04. The Morgan fingerprint density at radius 1 is 1.07 bits per heavy atom. The van der Waals surface area contributed by atoms with Gasteiger partial charge in [0.15, 0.2) is 10.3 Å². The van der Waals surface area contributed by atoms with Crippen molar-refractivity contribution in [1.82, 2.24) is 9.97 Å². The van der Waals surface area contributed by atoms with Crippen LogP contribution in [0.15, 0.2) is 40.4 Å². The van der Waals surface area contributed by atoms with Crippen molar-refractivity contribution in [3.05, 3.63) is 57.2 Å². The third-order valence-corrected chi connectivity index (χ3v) is 6.19. The number of anilines is 2. The molecule has 0 fully saturated rings. The molecule has 0 aliphatic heterocycles. The fraction of sp³-hybridized carbons (Fsp3) is 0.111. The average molecular weight is 415 g/mol. The van der Waals surface area contributed by atoms with E-state index in [9.17, 15) is 9.59 Å². The first-order chi connectivity index (χ1) is 13.1. The van der Waals surface area contributed by atoms with Gasteiger partial charge in [0.05, 0.1) is 27.9 Å². The van der Waals surface area contributed by atoms with Gasteiger partial charge < -0.3 is 5.32 Å². The Bertz CT molecular complexity index is 1120. The van der Waals surface area contributed by atoms with Crippen molar-refractivity contribution < 1.29 is 9.59 Å². The standard InChI is InChI=1S/C18H14N4O2S3/c1-10-3-2-4-13-15(10)21-18(27-13)20-14(23)7-12-9-26-17(19-12)22-16(24)11-5-6-25-8-11/h2-6,8-9H,7H2,1H3,(H,19,22,24)(H,20,21,23). The normalized spacial score (nSPS) is 10.9. The van der Waals surface area contributed by atoms with E-state index in [2.05, 4.69) is 20.6 Å². The molecule has 0 radical (unpaired) electrons. The van der Waals surface area contributed by atoms with Gasteiger partial charge in [0, 0.05) is 10.8 Å². The predicted octanol–water partition coefficient (Wildman–Crippen LogP) is 4.56. The third kappa shape index (κ3) is 4.05. The molecule has 1 aromatic carbocycles. The van der Waals surface area contributed by atoms with Crippen molar-refractivity contribution in [2.45, 2.75) is 13.3 Å². The van der Waals surface area contributed by atoms with Gasteiger partial charge in [0.1, 0.15) is 0 Å². The van der Waals surface area contributed by atoms with Crippen LogP contribution in [0.2, 0.25) is 0 Å². The Balaban J connectivity index is 1.38. The van der Waals surface area contributed by atoms with Gasteiger partial charge in [-0.1, -0.05) is 23.5 Å². The number of nitrogens with one attached hydrogen (secondary N) is 2. The maximum Gasteiger partial charge on any atom is 0.258 e. The molecule has 9 heteroatoms. The highest BCUT2D eigenvalue weighted by Crippen LogP contribution is 2.28. The number of nitrogens with zero attached hydrogens (tertiary/aromatic N) is 2. The molecule has 2 amide bonds. The zero-order chi connectivity index (χ0) is 18.8. The quantitative estimate of drug-likeness (QED) is 0.502. The number of rotatable bonds is 5. The number of fused-ring (bicyclic) bond motifs is 1. The minimum absolute atomic E-state index is 0.125. The number of aromatic nitrogens is 2. The minimum atomic E-state index is -0.202. The number of amides is 2. The summed E-state index contributed by atoms with van der Waals surface area (Å²) in [7, 11) is 0. The van der Waals surface area contributed by atoms with Crippen LogP contribution in [0, 0.1) is 6.92 Å². The fourth-order valence-corrected chi connectivity index (χ4v) is 4.78. The van der Waals surface area contributed by atoms with Crippen LogP contribution in [-0.2, 0) is 11.2 Å². The zero-order valence-electron chi connectivity index (χ0n) is 14.2. The number of aryl methyl sites for hydroxylation is 1. The summed E-state index contributed by atoms with van der Waals surface area (Å²) in [4.78, 5) is 33.1. The van der Waals surface area contributed by atoms with Crippen LogP contribution in [0.25, 0.3) is 10.2 Å². The van der Waals surface area contributed by atoms with E-state index in [1.54, 1.807) is 16.8 Å². The molecule has 27 heavy (non-hydrogen) atoms. The molecule has 0 unspecified atom stereocenters. The number of carbonyl (C=O) groups is 2. The molecule has 0 aliphatic carbocycles. The summed E-state index contributed by atoms with van der Waals surface area (Å²) in [5.41, 5.74) is 3.19. The van der Waals surface area contributed by atoms with Gasteiger partial charge in [0.2, 0.25) is 5.91 Å². The molecule has 0 saturated heterocycles. The van der Waals surface area contributed by atoms with Gasteiger partial charge in [-0.05, 0) is 30.0 Å². The van der Waals surface area contributed by atoms with Crippen molar-refractivity contribution >= 4 is 66.3 Å². The summed E-state index contributed by atoms with van der Waals surface area (Å²) in [5, 5.41) is 12.0. The summed E-state index contributed by atoms with van der Waals surface area (Å²) >= 11 is 4.20. The van der Waals surface area contributed by atoms with E-state index < -0.39 is 0 Å². The second-order valence-electron chi connectivity index (χ2n) is 5.78. The number of carbonyl (C=O) groups excluding carboxylic acids is 2. The number of benzene rings is 1. The Labute approximate surface area is 166 Å². The molecule has 0 saturated carbocycles. The van der Waals surface area contributed by atoms with E-state index in [0.29, 0.717) is 21.5 Å². The molecule has 3 heterocycles. The minimum Gasteiger partial charge on any atom is -0.302 e. The van der Waals surface area contributed by atoms with E-state index in [4.69, 9.17) is 0 Å². The second-order valence-corrected chi connectivity index (χ2v) is 8.44. The van der Waals surface area contributed by atoms with Crippen LogP contribution in [-0.4, -0.2) is 21.8 Å². The maximum absolute atomic E-state index is 12.3. The van der Waals surface area contributed by atoms with Crippen LogP contribution in [0.1, 0.15) is 21.6 Å². The van der Waals surface area contributed by atoms with E-state index in [-0.39, 0.29) is 18.2 Å². The number of thiazole rings is 2. The second kappa shape index (κ2) is 7.55. The zero-order valence-corrected chi connectivity index (χ0v) is 16.6. The van der Waals surface area contributed by atoms with Crippen molar-refractivity contribution in [3.8, 4) is 0 Å². The Morgan fingerprint density at radius 3 is 2.74 bits per heavy atom.